The molecule has 1 atom stereocenters. The van der Waals surface area contributed by atoms with Crippen LogP contribution in [0.15, 0.2) is 94.9 Å². The Kier molecular flexibility index (Phi) is 4.84. The third-order valence-electron chi connectivity index (χ3n) is 4.13. The first-order valence-corrected chi connectivity index (χ1v) is 9.23. The van der Waals surface area contributed by atoms with Gasteiger partial charge in [0.2, 0.25) is 0 Å². The van der Waals surface area contributed by atoms with Gasteiger partial charge in [0, 0.05) is 11.1 Å². The molecule has 0 radical (unpaired) electrons. The second-order valence-corrected chi connectivity index (χ2v) is 6.83. The third-order valence-corrected chi connectivity index (χ3v) is 5.20. The zero-order chi connectivity index (χ0) is 17.8. The monoisotopic (exact) mass is 358 g/mol. The Labute approximate surface area is 157 Å². The van der Waals surface area contributed by atoms with E-state index in [0.717, 1.165) is 32.5 Å². The molecule has 128 valence electrons. The summed E-state index contributed by atoms with van der Waals surface area (Å²) >= 11 is 1.61. The second kappa shape index (κ2) is 7.58. The Bertz CT molecular complexity index is 935. The molecule has 0 unspecified atom stereocenters. The number of rotatable bonds is 4. The fraction of sp³-hybridized carbons (Fsp3) is 0.0909. The molecule has 0 fully saturated rings. The molecular formula is C22H18N2OS. The largest absolute Gasteiger partial charge is 0.497 e. The van der Waals surface area contributed by atoms with Gasteiger partial charge in [-0.25, -0.2) is 9.98 Å². The van der Waals surface area contributed by atoms with E-state index < -0.39 is 0 Å². The minimum absolute atomic E-state index is 0.232. The standard InChI is InChI=1S/C22H18N2OS/c1-25-19-14-12-18(13-15-19)22-24-20(16-8-4-2-5-9-16)23-21(26-22)17-10-6-3-7-11-17/h2-15,20H,1H3/t20-/m1/s1. The van der Waals surface area contributed by atoms with Gasteiger partial charge in [-0.3, -0.25) is 0 Å². The molecule has 0 spiro atoms. The lowest BCUT2D eigenvalue weighted by Gasteiger charge is -2.20. The van der Waals surface area contributed by atoms with Gasteiger partial charge in [-0.1, -0.05) is 60.7 Å². The number of thioether (sulfide) groups is 1. The van der Waals surface area contributed by atoms with Crippen LogP contribution in [0.5, 0.6) is 5.75 Å². The molecule has 0 bridgehead atoms. The number of methoxy groups -OCH3 is 1. The van der Waals surface area contributed by atoms with Gasteiger partial charge >= 0.3 is 0 Å². The van der Waals surface area contributed by atoms with E-state index in [1.165, 1.54) is 0 Å². The van der Waals surface area contributed by atoms with E-state index in [9.17, 15) is 0 Å². The summed E-state index contributed by atoms with van der Waals surface area (Å²) in [5.74, 6) is 0.840. The Balaban J connectivity index is 1.75. The molecule has 0 saturated heterocycles. The zero-order valence-electron chi connectivity index (χ0n) is 14.4. The van der Waals surface area contributed by atoms with E-state index in [1.54, 1.807) is 18.9 Å². The zero-order valence-corrected chi connectivity index (χ0v) is 15.2. The average molecular weight is 358 g/mol. The topological polar surface area (TPSA) is 34.0 Å². The molecule has 0 N–H and O–H groups in total. The first-order chi connectivity index (χ1) is 12.8. The van der Waals surface area contributed by atoms with Gasteiger partial charge in [0.05, 0.1) is 7.11 Å². The minimum atomic E-state index is -0.232. The summed E-state index contributed by atoms with van der Waals surface area (Å²) in [6.07, 6.45) is -0.232. The van der Waals surface area contributed by atoms with Crippen molar-refractivity contribution in [2.45, 2.75) is 6.17 Å². The fourth-order valence-corrected chi connectivity index (χ4v) is 3.75. The van der Waals surface area contributed by atoms with Gasteiger partial charge in [0.15, 0.2) is 6.17 Å². The molecule has 4 rings (SSSR count). The van der Waals surface area contributed by atoms with Crippen molar-refractivity contribution in [3.05, 3.63) is 102 Å². The van der Waals surface area contributed by atoms with Crippen molar-refractivity contribution in [2.24, 2.45) is 9.98 Å². The molecule has 0 saturated carbocycles. The van der Waals surface area contributed by atoms with Crippen LogP contribution in [-0.2, 0) is 0 Å². The Morgan fingerprint density at radius 1 is 0.692 bits per heavy atom. The van der Waals surface area contributed by atoms with E-state index in [2.05, 4.69) is 24.3 Å². The van der Waals surface area contributed by atoms with Gasteiger partial charge in [-0.2, -0.15) is 0 Å². The van der Waals surface area contributed by atoms with Crippen molar-refractivity contribution < 1.29 is 4.74 Å². The van der Waals surface area contributed by atoms with Crippen LogP contribution in [-0.4, -0.2) is 17.2 Å². The third kappa shape index (κ3) is 3.55. The number of ether oxygens (including phenoxy) is 1. The highest BCUT2D eigenvalue weighted by molar-refractivity contribution is 8.27. The molecule has 0 amide bonds. The normalized spacial score (nSPS) is 16.6. The predicted octanol–water partition coefficient (Wildman–Crippen LogP) is 5.33. The minimum Gasteiger partial charge on any atom is -0.497 e. The fourth-order valence-electron chi connectivity index (χ4n) is 2.75. The maximum atomic E-state index is 5.27. The Morgan fingerprint density at radius 3 is 1.81 bits per heavy atom. The highest BCUT2D eigenvalue weighted by Crippen LogP contribution is 2.32. The number of benzene rings is 3. The van der Waals surface area contributed by atoms with Crippen LogP contribution in [0.3, 0.4) is 0 Å². The van der Waals surface area contributed by atoms with Crippen LogP contribution in [0.1, 0.15) is 22.9 Å². The summed E-state index contributed by atoms with van der Waals surface area (Å²) in [4.78, 5) is 9.80. The maximum Gasteiger partial charge on any atom is 0.167 e. The van der Waals surface area contributed by atoms with Crippen LogP contribution in [0.4, 0.5) is 0 Å². The number of nitrogens with zero attached hydrogens (tertiary/aromatic N) is 2. The smallest absolute Gasteiger partial charge is 0.167 e. The average Bonchev–Trinajstić information content (AvgIpc) is 2.75. The molecule has 0 aliphatic carbocycles. The SMILES string of the molecule is COc1ccc(C2=N[C@H](c3ccccc3)N=C(c3ccccc3)S2)cc1. The first-order valence-electron chi connectivity index (χ1n) is 8.42. The molecule has 1 aliphatic heterocycles. The summed E-state index contributed by atoms with van der Waals surface area (Å²) in [5.41, 5.74) is 3.27. The van der Waals surface area contributed by atoms with E-state index >= 15 is 0 Å². The number of hydrogen-bond donors (Lipinski definition) is 0. The lowest BCUT2D eigenvalue weighted by Crippen LogP contribution is -2.12. The predicted molar refractivity (Wildman–Crippen MR) is 109 cm³/mol. The highest BCUT2D eigenvalue weighted by Gasteiger charge is 2.21. The number of aliphatic imine (C=N–C) groups is 2. The summed E-state index contributed by atoms with van der Waals surface area (Å²) in [6, 6.07) is 28.5. The lowest BCUT2D eigenvalue weighted by molar-refractivity contribution is 0.415. The molecular weight excluding hydrogens is 340 g/mol. The van der Waals surface area contributed by atoms with Gasteiger partial charge in [-0.15, -0.1) is 0 Å². The second-order valence-electron chi connectivity index (χ2n) is 5.85. The van der Waals surface area contributed by atoms with Crippen LogP contribution < -0.4 is 4.74 Å². The van der Waals surface area contributed by atoms with Crippen molar-refractivity contribution in [2.75, 3.05) is 7.11 Å². The van der Waals surface area contributed by atoms with Crippen LogP contribution in [0.2, 0.25) is 0 Å². The molecule has 1 heterocycles. The number of hydrogen-bond acceptors (Lipinski definition) is 4. The van der Waals surface area contributed by atoms with Crippen molar-refractivity contribution in [1.29, 1.82) is 0 Å². The van der Waals surface area contributed by atoms with Gasteiger partial charge < -0.3 is 4.74 Å². The van der Waals surface area contributed by atoms with Crippen molar-refractivity contribution >= 4 is 21.8 Å². The molecule has 4 heteroatoms. The summed E-state index contributed by atoms with van der Waals surface area (Å²) in [7, 11) is 1.67. The van der Waals surface area contributed by atoms with Gasteiger partial charge in [0.25, 0.3) is 0 Å². The molecule has 0 aromatic heterocycles. The quantitative estimate of drug-likeness (QED) is 0.631. The summed E-state index contributed by atoms with van der Waals surface area (Å²) in [6.45, 7) is 0. The molecule has 3 aromatic carbocycles. The Hall–Kier alpha value is -2.85. The maximum absolute atomic E-state index is 5.27. The molecule has 1 aliphatic rings. The highest BCUT2D eigenvalue weighted by atomic mass is 32.2. The van der Waals surface area contributed by atoms with Crippen molar-refractivity contribution in [3.63, 3.8) is 0 Å². The van der Waals surface area contributed by atoms with E-state index in [4.69, 9.17) is 14.7 Å². The summed E-state index contributed by atoms with van der Waals surface area (Å²) < 4.78 is 5.27. The van der Waals surface area contributed by atoms with Crippen LogP contribution in [0.25, 0.3) is 0 Å². The van der Waals surface area contributed by atoms with E-state index in [-0.39, 0.29) is 6.17 Å². The Morgan fingerprint density at radius 2 is 1.23 bits per heavy atom. The lowest BCUT2D eigenvalue weighted by atomic mass is 10.1. The van der Waals surface area contributed by atoms with Gasteiger partial charge in [0.1, 0.15) is 15.8 Å². The van der Waals surface area contributed by atoms with Crippen LogP contribution >= 0.6 is 11.8 Å². The van der Waals surface area contributed by atoms with E-state index in [0.29, 0.717) is 0 Å². The van der Waals surface area contributed by atoms with Crippen molar-refractivity contribution in [1.82, 2.24) is 0 Å². The first kappa shape index (κ1) is 16.6. The van der Waals surface area contributed by atoms with Crippen molar-refractivity contribution in [3.8, 4) is 5.75 Å². The summed E-state index contributed by atoms with van der Waals surface area (Å²) in [5, 5.41) is 1.95. The van der Waals surface area contributed by atoms with Crippen LogP contribution in [0, 0.1) is 0 Å². The molecule has 26 heavy (non-hydrogen) atoms. The molecule has 3 nitrogen and oxygen atoms in total. The van der Waals surface area contributed by atoms with E-state index in [1.807, 2.05) is 60.7 Å². The molecule has 3 aromatic rings. The van der Waals surface area contributed by atoms with Gasteiger partial charge in [-0.05, 0) is 41.6 Å².